The second-order valence-corrected chi connectivity index (χ2v) is 4.65. The van der Waals surface area contributed by atoms with Crippen LogP contribution < -0.4 is 15.4 Å². The van der Waals surface area contributed by atoms with E-state index in [1.54, 1.807) is 12.1 Å². The van der Waals surface area contributed by atoms with Gasteiger partial charge in [-0.15, -0.1) is 12.4 Å². The molecule has 1 aliphatic rings. The van der Waals surface area contributed by atoms with Crippen molar-refractivity contribution in [1.29, 1.82) is 0 Å². The van der Waals surface area contributed by atoms with Gasteiger partial charge in [0.1, 0.15) is 0 Å². The average molecular weight is 316 g/mol. The molecule has 1 fully saturated rings. The quantitative estimate of drug-likeness (QED) is 0.581. The Kier molecular flexibility index (Phi) is 6.90. The molecule has 1 amide bonds. The highest BCUT2D eigenvalue weighted by atomic mass is 35.5. The second-order valence-electron chi connectivity index (χ2n) is 4.65. The molecule has 7 nitrogen and oxygen atoms in total. The molecule has 0 atom stereocenters. The minimum Gasteiger partial charge on any atom is -0.486 e. The molecule has 1 aliphatic heterocycles. The molecule has 8 heteroatoms. The highest BCUT2D eigenvalue weighted by Gasteiger charge is 2.17. The van der Waals surface area contributed by atoms with Crippen molar-refractivity contribution in [3.63, 3.8) is 0 Å². The largest absolute Gasteiger partial charge is 0.486 e. The van der Waals surface area contributed by atoms with Crippen LogP contribution >= 0.6 is 12.4 Å². The van der Waals surface area contributed by atoms with Gasteiger partial charge in [0, 0.05) is 31.6 Å². The molecule has 0 spiro atoms. The lowest BCUT2D eigenvalue weighted by Crippen LogP contribution is -2.48. The van der Waals surface area contributed by atoms with E-state index in [0.29, 0.717) is 12.5 Å². The number of hydrogen-bond acceptors (Lipinski definition) is 5. The molecule has 0 aromatic heterocycles. The maximum absolute atomic E-state index is 11.6. The summed E-state index contributed by atoms with van der Waals surface area (Å²) in [5.41, 5.74) is -0.0894. The number of amides is 1. The molecule has 0 unspecified atom stereocenters. The molecule has 1 aromatic rings. The fourth-order valence-corrected chi connectivity index (χ4v) is 1.82. The lowest BCUT2D eigenvalue weighted by atomic mass is 10.0. The van der Waals surface area contributed by atoms with E-state index in [1.807, 2.05) is 0 Å². The van der Waals surface area contributed by atoms with Crippen molar-refractivity contribution in [2.75, 3.05) is 26.2 Å². The van der Waals surface area contributed by atoms with Crippen LogP contribution in [0.25, 0.3) is 0 Å². The van der Waals surface area contributed by atoms with Crippen molar-refractivity contribution in [2.24, 2.45) is 5.92 Å². The van der Waals surface area contributed by atoms with Crippen LogP contribution in [-0.2, 0) is 4.79 Å². The third-order valence-corrected chi connectivity index (χ3v) is 3.10. The van der Waals surface area contributed by atoms with Gasteiger partial charge in [-0.25, -0.2) is 0 Å². The monoisotopic (exact) mass is 315 g/mol. The summed E-state index contributed by atoms with van der Waals surface area (Å²) < 4.78 is 5.30. The van der Waals surface area contributed by atoms with E-state index in [2.05, 4.69) is 10.6 Å². The van der Waals surface area contributed by atoms with Gasteiger partial charge in [-0.1, -0.05) is 12.1 Å². The topological polar surface area (TPSA) is 93.5 Å². The normalized spacial score (nSPS) is 13.7. The van der Waals surface area contributed by atoms with Crippen molar-refractivity contribution < 1.29 is 14.5 Å². The van der Waals surface area contributed by atoms with Gasteiger partial charge >= 0.3 is 5.69 Å². The zero-order chi connectivity index (χ0) is 14.4. The minimum atomic E-state index is -0.501. The van der Waals surface area contributed by atoms with Crippen LogP contribution in [-0.4, -0.2) is 37.1 Å². The number of halogens is 1. The Morgan fingerprint density at radius 2 is 2.14 bits per heavy atom. The van der Waals surface area contributed by atoms with Crippen molar-refractivity contribution in [2.45, 2.75) is 6.42 Å². The lowest BCUT2D eigenvalue weighted by molar-refractivity contribution is -0.385. The first-order valence-electron chi connectivity index (χ1n) is 6.50. The Labute approximate surface area is 128 Å². The van der Waals surface area contributed by atoms with Crippen LogP contribution in [0.4, 0.5) is 5.69 Å². The first-order chi connectivity index (χ1) is 9.66. The van der Waals surface area contributed by atoms with Crippen LogP contribution in [0.2, 0.25) is 0 Å². The van der Waals surface area contributed by atoms with Gasteiger partial charge in [0.2, 0.25) is 5.91 Å². The van der Waals surface area contributed by atoms with Crippen LogP contribution in [0.3, 0.4) is 0 Å². The number of nitro groups is 1. The first-order valence-corrected chi connectivity index (χ1v) is 6.50. The summed E-state index contributed by atoms with van der Waals surface area (Å²) >= 11 is 0. The predicted molar refractivity (Wildman–Crippen MR) is 79.8 cm³/mol. The zero-order valence-electron chi connectivity index (χ0n) is 11.4. The highest BCUT2D eigenvalue weighted by molar-refractivity contribution is 5.85. The molecule has 2 rings (SSSR count). The Morgan fingerprint density at radius 1 is 1.43 bits per heavy atom. The number of nitrogens with one attached hydrogen (secondary N) is 2. The molecular weight excluding hydrogens is 298 g/mol. The van der Waals surface area contributed by atoms with E-state index in [9.17, 15) is 14.9 Å². The SMILES string of the molecule is Cl.O=C(CCOc1ccccc1[N+](=O)[O-])NCC1CNC1. The van der Waals surface area contributed by atoms with E-state index in [1.165, 1.54) is 12.1 Å². The summed E-state index contributed by atoms with van der Waals surface area (Å²) in [5.74, 6) is 0.596. The van der Waals surface area contributed by atoms with Crippen LogP contribution in [0.5, 0.6) is 5.75 Å². The summed E-state index contributed by atoms with van der Waals surface area (Å²) in [5, 5.41) is 16.7. The summed E-state index contributed by atoms with van der Waals surface area (Å²) in [4.78, 5) is 21.8. The van der Waals surface area contributed by atoms with Gasteiger partial charge in [0.05, 0.1) is 18.0 Å². The number of nitro benzene ring substituents is 1. The predicted octanol–water partition coefficient (Wildman–Crippen LogP) is 1.12. The van der Waals surface area contributed by atoms with Gasteiger partial charge in [-0.05, 0) is 6.07 Å². The Balaban J connectivity index is 0.00000220. The summed E-state index contributed by atoms with van der Waals surface area (Å²) in [7, 11) is 0. The fraction of sp³-hybridized carbons (Fsp3) is 0.462. The van der Waals surface area contributed by atoms with Crippen LogP contribution in [0, 0.1) is 16.0 Å². The van der Waals surface area contributed by atoms with Crippen molar-refractivity contribution in [1.82, 2.24) is 10.6 Å². The number of carbonyl (C=O) groups is 1. The Bertz CT molecular complexity index is 494. The van der Waals surface area contributed by atoms with Crippen molar-refractivity contribution in [3.05, 3.63) is 34.4 Å². The summed E-state index contributed by atoms with van der Waals surface area (Å²) in [6.07, 6.45) is 0.187. The third-order valence-electron chi connectivity index (χ3n) is 3.10. The maximum Gasteiger partial charge on any atom is 0.310 e. The Hall–Kier alpha value is -1.86. The third kappa shape index (κ3) is 5.20. The summed E-state index contributed by atoms with van der Waals surface area (Å²) in [6.45, 7) is 2.66. The minimum absolute atomic E-state index is 0. The molecule has 1 heterocycles. The van der Waals surface area contributed by atoms with Gasteiger partial charge < -0.3 is 15.4 Å². The molecule has 0 radical (unpaired) electrons. The highest BCUT2D eigenvalue weighted by Crippen LogP contribution is 2.25. The number of hydrogen-bond donors (Lipinski definition) is 2. The Morgan fingerprint density at radius 3 is 2.76 bits per heavy atom. The van der Waals surface area contributed by atoms with Crippen molar-refractivity contribution in [3.8, 4) is 5.75 Å². The summed E-state index contributed by atoms with van der Waals surface area (Å²) in [6, 6.07) is 6.13. The van der Waals surface area contributed by atoms with E-state index in [-0.39, 0.29) is 42.8 Å². The number of benzene rings is 1. The molecule has 2 N–H and O–H groups in total. The van der Waals surface area contributed by atoms with Crippen LogP contribution in [0.1, 0.15) is 6.42 Å². The molecule has 1 aromatic carbocycles. The van der Waals surface area contributed by atoms with Gasteiger partial charge in [-0.2, -0.15) is 0 Å². The van der Waals surface area contributed by atoms with E-state index < -0.39 is 4.92 Å². The van der Waals surface area contributed by atoms with Gasteiger partial charge in [0.25, 0.3) is 0 Å². The number of rotatable bonds is 7. The molecule has 116 valence electrons. The fourth-order valence-electron chi connectivity index (χ4n) is 1.82. The molecule has 0 aliphatic carbocycles. The molecule has 1 saturated heterocycles. The maximum atomic E-state index is 11.6. The van der Waals surface area contributed by atoms with E-state index >= 15 is 0 Å². The second kappa shape index (κ2) is 8.43. The first kappa shape index (κ1) is 17.2. The van der Waals surface area contributed by atoms with E-state index in [4.69, 9.17) is 4.74 Å². The molecule has 0 bridgehead atoms. The molecule has 0 saturated carbocycles. The number of carbonyl (C=O) groups excluding carboxylic acids is 1. The standard InChI is InChI=1S/C13H17N3O4.ClH/c17-13(15-9-10-7-14-8-10)5-6-20-12-4-2-1-3-11(12)16(18)19;/h1-4,10,14H,5-9H2,(H,15,17);1H. The number of nitrogens with zero attached hydrogens (tertiary/aromatic N) is 1. The zero-order valence-corrected chi connectivity index (χ0v) is 12.2. The van der Waals surface area contributed by atoms with Crippen LogP contribution in [0.15, 0.2) is 24.3 Å². The van der Waals surface area contributed by atoms with Gasteiger partial charge in [-0.3, -0.25) is 14.9 Å². The van der Waals surface area contributed by atoms with Crippen molar-refractivity contribution >= 4 is 24.0 Å². The van der Waals surface area contributed by atoms with Gasteiger partial charge in [0.15, 0.2) is 5.75 Å². The number of para-hydroxylation sites is 2. The lowest BCUT2D eigenvalue weighted by Gasteiger charge is -2.27. The molecular formula is C13H18ClN3O4. The molecule has 21 heavy (non-hydrogen) atoms. The number of ether oxygens (including phenoxy) is 1. The van der Waals surface area contributed by atoms with E-state index in [0.717, 1.165) is 13.1 Å². The average Bonchev–Trinajstić information content (AvgIpc) is 2.37. The smallest absolute Gasteiger partial charge is 0.310 e.